The molecule has 1 nitrogen and oxygen atoms in total. The SMILES string of the molecule is CCCCCCCCCC[n+]1ccc(CCCCC)c(CCCCC)c1. The van der Waals surface area contributed by atoms with Gasteiger partial charge in [-0.3, -0.25) is 0 Å². The van der Waals surface area contributed by atoms with Gasteiger partial charge in [0, 0.05) is 18.1 Å². The summed E-state index contributed by atoms with van der Waals surface area (Å²) in [6.07, 6.45) is 26.6. The fourth-order valence-corrected chi connectivity index (χ4v) is 3.79. The summed E-state index contributed by atoms with van der Waals surface area (Å²) in [5, 5.41) is 0. The van der Waals surface area contributed by atoms with E-state index in [2.05, 4.69) is 43.8 Å². The Kier molecular flexibility index (Phi) is 14.6. The topological polar surface area (TPSA) is 3.88 Å². The molecule has 0 fully saturated rings. The largest absolute Gasteiger partial charge is 0.205 e. The minimum Gasteiger partial charge on any atom is -0.205 e. The highest BCUT2D eigenvalue weighted by Crippen LogP contribution is 2.15. The van der Waals surface area contributed by atoms with E-state index in [0.717, 1.165) is 0 Å². The molecule has 1 aromatic heterocycles. The van der Waals surface area contributed by atoms with Gasteiger partial charge in [-0.1, -0.05) is 85.0 Å². The summed E-state index contributed by atoms with van der Waals surface area (Å²) in [7, 11) is 0. The first kappa shape index (κ1) is 23.2. The number of hydrogen-bond donors (Lipinski definition) is 0. The van der Waals surface area contributed by atoms with Crippen LogP contribution in [0, 0.1) is 0 Å². The van der Waals surface area contributed by atoms with Crippen molar-refractivity contribution in [1.82, 2.24) is 0 Å². The van der Waals surface area contributed by atoms with Gasteiger partial charge >= 0.3 is 0 Å². The predicted octanol–water partition coefficient (Wildman–Crippen LogP) is 7.58. The Balaban J connectivity index is 2.40. The molecule has 26 heavy (non-hydrogen) atoms. The number of pyridine rings is 1. The minimum atomic E-state index is 1.20. The van der Waals surface area contributed by atoms with E-state index in [1.54, 1.807) is 11.1 Å². The Labute approximate surface area is 164 Å². The van der Waals surface area contributed by atoms with Crippen molar-refractivity contribution in [3.05, 3.63) is 29.6 Å². The molecule has 0 aliphatic rings. The summed E-state index contributed by atoms with van der Waals surface area (Å²) in [5.41, 5.74) is 3.23. The fraction of sp³-hybridized carbons (Fsp3) is 0.800. The molecule has 0 aliphatic heterocycles. The molecule has 1 aromatic rings. The lowest BCUT2D eigenvalue weighted by atomic mass is 9.99. The summed E-state index contributed by atoms with van der Waals surface area (Å²) in [6, 6.07) is 2.42. The Morgan fingerprint density at radius 3 is 1.69 bits per heavy atom. The van der Waals surface area contributed by atoms with Crippen LogP contribution in [0.15, 0.2) is 18.5 Å². The van der Waals surface area contributed by atoms with Gasteiger partial charge in [-0.05, 0) is 37.7 Å². The third-order valence-corrected chi connectivity index (χ3v) is 5.57. The maximum absolute atomic E-state index is 2.47. The number of rotatable bonds is 17. The molecule has 1 rings (SSSR count). The highest BCUT2D eigenvalue weighted by Gasteiger charge is 2.09. The molecule has 0 N–H and O–H groups in total. The van der Waals surface area contributed by atoms with Crippen molar-refractivity contribution in [2.24, 2.45) is 0 Å². The first-order valence-electron chi connectivity index (χ1n) is 11.8. The van der Waals surface area contributed by atoms with E-state index in [1.165, 1.54) is 109 Å². The van der Waals surface area contributed by atoms with E-state index in [0.29, 0.717) is 0 Å². The molecule has 0 unspecified atom stereocenters. The maximum Gasteiger partial charge on any atom is 0.172 e. The molecular formula is C25H46N+. The van der Waals surface area contributed by atoms with Gasteiger partial charge in [0.15, 0.2) is 12.4 Å². The van der Waals surface area contributed by atoms with Crippen LogP contribution in [0.1, 0.15) is 122 Å². The van der Waals surface area contributed by atoms with Crippen molar-refractivity contribution in [3.8, 4) is 0 Å². The molecule has 0 aromatic carbocycles. The average Bonchev–Trinajstić information content (AvgIpc) is 2.65. The van der Waals surface area contributed by atoms with Crippen LogP contribution in [0.25, 0.3) is 0 Å². The molecule has 0 amide bonds. The Morgan fingerprint density at radius 2 is 1.08 bits per heavy atom. The van der Waals surface area contributed by atoms with Crippen LogP contribution in [-0.2, 0) is 19.4 Å². The van der Waals surface area contributed by atoms with Gasteiger partial charge in [-0.25, -0.2) is 4.57 Å². The van der Waals surface area contributed by atoms with Crippen LogP contribution in [-0.4, -0.2) is 0 Å². The molecular weight excluding hydrogens is 314 g/mol. The van der Waals surface area contributed by atoms with Crippen LogP contribution in [0.4, 0.5) is 0 Å². The second-order valence-electron chi connectivity index (χ2n) is 8.12. The lowest BCUT2D eigenvalue weighted by molar-refractivity contribution is -0.697. The molecule has 1 heterocycles. The summed E-state index contributed by atoms with van der Waals surface area (Å²) in [5.74, 6) is 0. The molecule has 0 radical (unpaired) electrons. The maximum atomic E-state index is 2.47. The molecule has 1 heteroatoms. The average molecular weight is 361 g/mol. The number of aromatic nitrogens is 1. The van der Waals surface area contributed by atoms with E-state index in [1.807, 2.05) is 0 Å². The van der Waals surface area contributed by atoms with Gasteiger partial charge in [0.1, 0.15) is 6.54 Å². The van der Waals surface area contributed by atoms with E-state index in [4.69, 9.17) is 0 Å². The fourth-order valence-electron chi connectivity index (χ4n) is 3.79. The molecule has 0 aliphatic carbocycles. The molecule has 150 valence electrons. The molecule has 0 saturated heterocycles. The van der Waals surface area contributed by atoms with E-state index in [9.17, 15) is 0 Å². The van der Waals surface area contributed by atoms with Crippen molar-refractivity contribution in [2.75, 3.05) is 0 Å². The predicted molar refractivity (Wildman–Crippen MR) is 116 cm³/mol. The summed E-state index contributed by atoms with van der Waals surface area (Å²) >= 11 is 0. The smallest absolute Gasteiger partial charge is 0.172 e. The second-order valence-corrected chi connectivity index (χ2v) is 8.12. The highest BCUT2D eigenvalue weighted by molar-refractivity contribution is 5.21. The number of nitrogens with zero attached hydrogens (tertiary/aromatic N) is 1. The van der Waals surface area contributed by atoms with Crippen molar-refractivity contribution < 1.29 is 4.57 Å². The van der Waals surface area contributed by atoms with Crippen molar-refractivity contribution in [1.29, 1.82) is 0 Å². The lowest BCUT2D eigenvalue weighted by Crippen LogP contribution is -2.33. The van der Waals surface area contributed by atoms with Crippen LogP contribution in [0.2, 0.25) is 0 Å². The third kappa shape index (κ3) is 11.0. The zero-order valence-electron chi connectivity index (χ0n) is 18.2. The first-order valence-corrected chi connectivity index (χ1v) is 11.8. The first-order chi connectivity index (χ1) is 12.8. The lowest BCUT2D eigenvalue weighted by Gasteiger charge is -2.09. The van der Waals surface area contributed by atoms with Gasteiger partial charge in [-0.2, -0.15) is 0 Å². The normalized spacial score (nSPS) is 11.2. The quantitative estimate of drug-likeness (QED) is 0.199. The minimum absolute atomic E-state index is 1.20. The summed E-state index contributed by atoms with van der Waals surface area (Å²) in [4.78, 5) is 0. The van der Waals surface area contributed by atoms with Crippen molar-refractivity contribution >= 4 is 0 Å². The summed E-state index contributed by atoms with van der Waals surface area (Å²) in [6.45, 7) is 8.09. The number of aryl methyl sites for hydroxylation is 3. The summed E-state index contributed by atoms with van der Waals surface area (Å²) < 4.78 is 2.46. The van der Waals surface area contributed by atoms with E-state index in [-0.39, 0.29) is 0 Å². The van der Waals surface area contributed by atoms with Gasteiger partial charge in [-0.15, -0.1) is 0 Å². The number of unbranched alkanes of at least 4 members (excludes halogenated alkanes) is 11. The van der Waals surface area contributed by atoms with E-state index >= 15 is 0 Å². The van der Waals surface area contributed by atoms with Crippen LogP contribution in [0.3, 0.4) is 0 Å². The highest BCUT2D eigenvalue weighted by atomic mass is 14.9. The van der Waals surface area contributed by atoms with Gasteiger partial charge in [0.05, 0.1) is 0 Å². The van der Waals surface area contributed by atoms with Gasteiger partial charge in [0.25, 0.3) is 0 Å². The van der Waals surface area contributed by atoms with Crippen LogP contribution < -0.4 is 4.57 Å². The van der Waals surface area contributed by atoms with Crippen LogP contribution >= 0.6 is 0 Å². The second kappa shape index (κ2) is 16.3. The number of hydrogen-bond acceptors (Lipinski definition) is 0. The van der Waals surface area contributed by atoms with Crippen molar-refractivity contribution in [3.63, 3.8) is 0 Å². The monoisotopic (exact) mass is 360 g/mol. The Hall–Kier alpha value is -0.850. The third-order valence-electron chi connectivity index (χ3n) is 5.57. The van der Waals surface area contributed by atoms with Crippen LogP contribution in [0.5, 0.6) is 0 Å². The molecule has 0 saturated carbocycles. The van der Waals surface area contributed by atoms with Gasteiger partial charge < -0.3 is 0 Å². The Bertz CT molecular complexity index is 438. The van der Waals surface area contributed by atoms with Gasteiger partial charge in [0.2, 0.25) is 0 Å². The molecule has 0 atom stereocenters. The molecule has 0 bridgehead atoms. The zero-order chi connectivity index (χ0) is 18.9. The molecule has 0 spiro atoms. The Morgan fingerprint density at radius 1 is 0.577 bits per heavy atom. The van der Waals surface area contributed by atoms with E-state index < -0.39 is 0 Å². The standard InChI is InChI=1S/C25H46N/c1-4-7-10-11-12-13-14-17-21-26-22-20-24(18-15-8-5-2)25(23-26)19-16-9-6-3/h20,22-23H,4-19,21H2,1-3H3/q+1. The van der Waals surface area contributed by atoms with Crippen molar-refractivity contribution in [2.45, 2.75) is 130 Å². The zero-order valence-corrected chi connectivity index (χ0v) is 18.2.